The minimum Gasteiger partial charge on any atom is -0.496 e. The summed E-state index contributed by atoms with van der Waals surface area (Å²) in [4.78, 5) is 0. The highest BCUT2D eigenvalue weighted by atomic mass is 79.9. The van der Waals surface area contributed by atoms with Crippen LogP contribution in [0.5, 0.6) is 5.75 Å². The van der Waals surface area contributed by atoms with Crippen LogP contribution in [-0.4, -0.2) is 14.2 Å². The zero-order valence-corrected chi connectivity index (χ0v) is 14.0. The van der Waals surface area contributed by atoms with E-state index in [2.05, 4.69) is 21.2 Å². The number of methoxy groups -OCH3 is 1. The summed E-state index contributed by atoms with van der Waals surface area (Å²) >= 11 is 3.48. The van der Waals surface area contributed by atoms with Crippen molar-refractivity contribution in [1.82, 2.24) is 5.32 Å². The number of hydrogen-bond acceptors (Lipinski definition) is 2. The van der Waals surface area contributed by atoms with E-state index in [1.54, 1.807) is 13.2 Å². The van der Waals surface area contributed by atoms with Gasteiger partial charge in [0.05, 0.1) is 11.6 Å². The van der Waals surface area contributed by atoms with Crippen molar-refractivity contribution in [3.05, 3.63) is 63.4 Å². The fraction of sp³-hybridized carbons (Fsp3) is 0.294. The standard InChI is InChI=1S/C17H19BrFNO/c1-11-4-6-15(19)13(8-11)16(20-2)10-12-5-7-17(21-3)14(18)9-12/h4-9,16,20H,10H2,1-3H3. The maximum Gasteiger partial charge on any atom is 0.133 e. The molecule has 0 aliphatic rings. The molecule has 0 heterocycles. The van der Waals surface area contributed by atoms with Crippen LogP contribution < -0.4 is 10.1 Å². The molecule has 21 heavy (non-hydrogen) atoms. The van der Waals surface area contributed by atoms with Crippen molar-refractivity contribution in [3.63, 3.8) is 0 Å². The molecule has 0 saturated carbocycles. The first-order valence-corrected chi connectivity index (χ1v) is 7.60. The first-order chi connectivity index (χ1) is 10.0. The average molecular weight is 352 g/mol. The second-order valence-electron chi connectivity index (χ2n) is 5.04. The van der Waals surface area contributed by atoms with Crippen LogP contribution in [-0.2, 0) is 6.42 Å². The van der Waals surface area contributed by atoms with Gasteiger partial charge in [-0.1, -0.05) is 23.8 Å². The molecule has 0 bridgehead atoms. The van der Waals surface area contributed by atoms with E-state index in [1.165, 1.54) is 6.07 Å². The molecule has 112 valence electrons. The molecule has 2 aromatic rings. The van der Waals surface area contributed by atoms with Gasteiger partial charge in [-0.25, -0.2) is 4.39 Å². The van der Waals surface area contributed by atoms with Crippen molar-refractivity contribution in [1.29, 1.82) is 0 Å². The van der Waals surface area contributed by atoms with E-state index in [1.807, 2.05) is 38.2 Å². The predicted octanol–water partition coefficient (Wildman–Crippen LogP) is 4.41. The molecule has 2 nitrogen and oxygen atoms in total. The summed E-state index contributed by atoms with van der Waals surface area (Å²) in [5.41, 5.74) is 2.87. The summed E-state index contributed by atoms with van der Waals surface area (Å²) in [5.74, 6) is 0.619. The van der Waals surface area contributed by atoms with Gasteiger partial charge in [0.15, 0.2) is 0 Å². The summed E-state index contributed by atoms with van der Waals surface area (Å²) in [6.07, 6.45) is 0.708. The topological polar surface area (TPSA) is 21.3 Å². The smallest absolute Gasteiger partial charge is 0.133 e. The zero-order chi connectivity index (χ0) is 15.4. The van der Waals surface area contributed by atoms with Crippen LogP contribution in [0.4, 0.5) is 4.39 Å². The molecule has 0 amide bonds. The molecule has 0 spiro atoms. The van der Waals surface area contributed by atoms with E-state index in [0.29, 0.717) is 12.0 Å². The normalized spacial score (nSPS) is 12.2. The van der Waals surface area contributed by atoms with Crippen molar-refractivity contribution < 1.29 is 9.13 Å². The molecule has 0 aliphatic heterocycles. The Balaban J connectivity index is 2.26. The highest BCUT2D eigenvalue weighted by Gasteiger charge is 2.15. The summed E-state index contributed by atoms with van der Waals surface area (Å²) in [6.45, 7) is 1.97. The molecule has 1 N–H and O–H groups in total. The third-order valence-electron chi connectivity index (χ3n) is 3.53. The van der Waals surface area contributed by atoms with Crippen LogP contribution in [0.3, 0.4) is 0 Å². The van der Waals surface area contributed by atoms with Crippen LogP contribution in [0.1, 0.15) is 22.7 Å². The Hall–Kier alpha value is -1.39. The van der Waals surface area contributed by atoms with Crippen LogP contribution in [0.25, 0.3) is 0 Å². The van der Waals surface area contributed by atoms with E-state index in [-0.39, 0.29) is 11.9 Å². The second kappa shape index (κ2) is 7.05. The van der Waals surface area contributed by atoms with Crippen molar-refractivity contribution in [2.24, 2.45) is 0 Å². The second-order valence-corrected chi connectivity index (χ2v) is 5.89. The summed E-state index contributed by atoms with van der Waals surface area (Å²) < 4.78 is 20.2. The summed E-state index contributed by atoms with van der Waals surface area (Å²) in [5, 5.41) is 3.20. The average Bonchev–Trinajstić information content (AvgIpc) is 2.47. The highest BCUT2D eigenvalue weighted by molar-refractivity contribution is 9.10. The number of nitrogens with one attached hydrogen (secondary N) is 1. The molecular formula is C17H19BrFNO. The van der Waals surface area contributed by atoms with E-state index in [0.717, 1.165) is 21.3 Å². The Labute approximate surface area is 133 Å². The number of benzene rings is 2. The third-order valence-corrected chi connectivity index (χ3v) is 4.15. The first-order valence-electron chi connectivity index (χ1n) is 6.81. The van der Waals surface area contributed by atoms with Gasteiger partial charge in [-0.2, -0.15) is 0 Å². The van der Waals surface area contributed by atoms with E-state index >= 15 is 0 Å². The van der Waals surface area contributed by atoms with Gasteiger partial charge in [-0.15, -0.1) is 0 Å². The maximum absolute atomic E-state index is 14.0. The van der Waals surface area contributed by atoms with Gasteiger partial charge in [0, 0.05) is 11.6 Å². The largest absolute Gasteiger partial charge is 0.496 e. The number of hydrogen-bond donors (Lipinski definition) is 1. The van der Waals surface area contributed by atoms with Gasteiger partial charge < -0.3 is 10.1 Å². The molecule has 1 unspecified atom stereocenters. The summed E-state index contributed by atoms with van der Waals surface area (Å²) in [6, 6.07) is 11.1. The van der Waals surface area contributed by atoms with Gasteiger partial charge in [0.1, 0.15) is 11.6 Å². The zero-order valence-electron chi connectivity index (χ0n) is 12.4. The van der Waals surface area contributed by atoms with Crippen LogP contribution in [0.2, 0.25) is 0 Å². The van der Waals surface area contributed by atoms with E-state index in [4.69, 9.17) is 4.74 Å². The third kappa shape index (κ3) is 3.83. The SMILES string of the molecule is CNC(Cc1ccc(OC)c(Br)c1)c1cc(C)ccc1F. The minimum absolute atomic E-state index is 0.0646. The number of rotatable bonds is 5. The van der Waals surface area contributed by atoms with Gasteiger partial charge in [0.25, 0.3) is 0 Å². The fourth-order valence-electron chi connectivity index (χ4n) is 2.37. The lowest BCUT2D eigenvalue weighted by molar-refractivity contribution is 0.412. The molecule has 1 atom stereocenters. The molecule has 0 fully saturated rings. The van der Waals surface area contributed by atoms with Crippen LogP contribution >= 0.6 is 15.9 Å². The Kier molecular flexibility index (Phi) is 5.37. The van der Waals surface area contributed by atoms with Gasteiger partial charge in [-0.05, 0) is 60.1 Å². The molecular weight excluding hydrogens is 333 g/mol. The Morgan fingerprint density at radius 3 is 2.62 bits per heavy atom. The quantitative estimate of drug-likeness (QED) is 0.861. The lowest BCUT2D eigenvalue weighted by Crippen LogP contribution is -2.20. The number of aryl methyl sites for hydroxylation is 1. The van der Waals surface area contributed by atoms with Crippen molar-refractivity contribution in [2.45, 2.75) is 19.4 Å². The Morgan fingerprint density at radius 2 is 2.00 bits per heavy atom. The van der Waals surface area contributed by atoms with E-state index < -0.39 is 0 Å². The number of ether oxygens (including phenoxy) is 1. The molecule has 2 aromatic carbocycles. The van der Waals surface area contributed by atoms with Gasteiger partial charge in [0.2, 0.25) is 0 Å². The molecule has 0 radical (unpaired) electrons. The Bertz CT molecular complexity index is 630. The van der Waals surface area contributed by atoms with Gasteiger partial charge in [-0.3, -0.25) is 0 Å². The van der Waals surface area contributed by atoms with Crippen molar-refractivity contribution >= 4 is 15.9 Å². The Morgan fingerprint density at radius 1 is 1.24 bits per heavy atom. The minimum atomic E-state index is -0.174. The lowest BCUT2D eigenvalue weighted by Gasteiger charge is -2.18. The van der Waals surface area contributed by atoms with E-state index in [9.17, 15) is 4.39 Å². The van der Waals surface area contributed by atoms with Crippen molar-refractivity contribution in [3.8, 4) is 5.75 Å². The molecule has 0 aliphatic carbocycles. The highest BCUT2D eigenvalue weighted by Crippen LogP contribution is 2.28. The number of likely N-dealkylation sites (N-methyl/N-ethyl adjacent to an activating group) is 1. The molecule has 4 heteroatoms. The predicted molar refractivity (Wildman–Crippen MR) is 87.3 cm³/mol. The molecule has 0 aromatic heterocycles. The molecule has 0 saturated heterocycles. The lowest BCUT2D eigenvalue weighted by atomic mass is 9.97. The van der Waals surface area contributed by atoms with Crippen molar-refractivity contribution in [2.75, 3.05) is 14.2 Å². The summed E-state index contributed by atoms with van der Waals surface area (Å²) in [7, 11) is 3.49. The maximum atomic E-state index is 14.0. The molecule has 2 rings (SSSR count). The fourth-order valence-corrected chi connectivity index (χ4v) is 2.96. The van der Waals surface area contributed by atoms with Crippen LogP contribution in [0, 0.1) is 12.7 Å². The van der Waals surface area contributed by atoms with Crippen LogP contribution in [0.15, 0.2) is 40.9 Å². The first kappa shape index (κ1) is 16.0. The van der Waals surface area contributed by atoms with Gasteiger partial charge >= 0.3 is 0 Å². The monoisotopic (exact) mass is 351 g/mol. The number of halogens is 2.